The van der Waals surface area contributed by atoms with E-state index in [2.05, 4.69) is 0 Å². The van der Waals surface area contributed by atoms with Crippen molar-refractivity contribution in [1.29, 1.82) is 0 Å². The molecule has 0 unspecified atom stereocenters. The van der Waals surface area contributed by atoms with Gasteiger partial charge in [-0.05, 0) is 0 Å². The summed E-state index contributed by atoms with van der Waals surface area (Å²) in [5.41, 5.74) is 0. The fourth-order valence-corrected chi connectivity index (χ4v) is 0. The molecule has 0 aliphatic rings. The molecule has 0 radical (unpaired) electrons. The molecule has 0 heterocycles. The largest absolute Gasteiger partial charge is 2.00 e. The van der Waals surface area contributed by atoms with Gasteiger partial charge in [-0.1, -0.05) is 0 Å². The standard InChI is InChI=1S/4Na.2S/q4*+1;2*-2. The topological polar surface area (TPSA) is 0 Å². The van der Waals surface area contributed by atoms with Crippen molar-refractivity contribution in [2.75, 3.05) is 0 Å². The van der Waals surface area contributed by atoms with Crippen molar-refractivity contribution in [1.82, 2.24) is 0 Å². The van der Waals surface area contributed by atoms with Crippen LogP contribution in [0.2, 0.25) is 0 Å². The van der Waals surface area contributed by atoms with Crippen LogP contribution in [0.15, 0.2) is 0 Å². The summed E-state index contributed by atoms with van der Waals surface area (Å²) in [6, 6.07) is 0. The van der Waals surface area contributed by atoms with Crippen molar-refractivity contribution in [3.63, 3.8) is 0 Å². The predicted molar refractivity (Wildman–Crippen MR) is 14.7 cm³/mol. The minimum absolute atomic E-state index is 0. The minimum Gasteiger partial charge on any atom is -2.00 e. The Hall–Kier alpha value is 4.70. The number of hydrogen-bond acceptors (Lipinski definition) is 0. The maximum atomic E-state index is 0. The fourth-order valence-electron chi connectivity index (χ4n) is 0. The van der Waals surface area contributed by atoms with Gasteiger partial charge in [-0.15, -0.1) is 0 Å². The Balaban J connectivity index is 0. The van der Waals surface area contributed by atoms with Crippen LogP contribution in [0.1, 0.15) is 0 Å². The van der Waals surface area contributed by atoms with Crippen molar-refractivity contribution in [2.24, 2.45) is 0 Å². The monoisotopic (exact) mass is 156 g/mol. The number of rotatable bonds is 0. The Bertz CT molecular complexity index is 5.51. The van der Waals surface area contributed by atoms with Crippen LogP contribution in [0.5, 0.6) is 0 Å². The average molecular weight is 156 g/mol. The van der Waals surface area contributed by atoms with E-state index in [4.69, 9.17) is 0 Å². The molecule has 0 aromatic heterocycles. The van der Waals surface area contributed by atoms with Gasteiger partial charge in [-0.2, -0.15) is 0 Å². The van der Waals surface area contributed by atoms with Crippen LogP contribution < -0.4 is 118 Å². The van der Waals surface area contributed by atoms with Gasteiger partial charge >= 0.3 is 118 Å². The second-order valence-electron chi connectivity index (χ2n) is 0. The molecule has 0 atom stereocenters. The third-order valence-corrected chi connectivity index (χ3v) is 0. The van der Waals surface area contributed by atoms with E-state index in [-0.39, 0.29) is 145 Å². The van der Waals surface area contributed by atoms with Gasteiger partial charge in [0, 0.05) is 0 Å². The number of hydrogen-bond donors (Lipinski definition) is 0. The fraction of sp³-hybridized carbons (Fsp3) is 0. The first-order chi connectivity index (χ1) is 0. The van der Waals surface area contributed by atoms with Crippen LogP contribution in [-0.4, -0.2) is 0 Å². The first kappa shape index (κ1) is 45.6. The van der Waals surface area contributed by atoms with Crippen LogP contribution in [0.4, 0.5) is 0 Å². The van der Waals surface area contributed by atoms with Crippen LogP contribution in [0, 0.1) is 0 Å². The quantitative estimate of drug-likeness (QED) is 0.305. The van der Waals surface area contributed by atoms with Crippen LogP contribution in [-0.2, 0) is 27.0 Å². The summed E-state index contributed by atoms with van der Waals surface area (Å²) in [6.07, 6.45) is 0. The molecule has 0 saturated heterocycles. The van der Waals surface area contributed by atoms with E-state index in [1.165, 1.54) is 0 Å². The van der Waals surface area contributed by atoms with E-state index in [9.17, 15) is 0 Å². The summed E-state index contributed by atoms with van der Waals surface area (Å²) < 4.78 is 0. The molecule has 0 saturated carbocycles. The van der Waals surface area contributed by atoms with Gasteiger partial charge in [0.05, 0.1) is 0 Å². The van der Waals surface area contributed by atoms with Crippen LogP contribution in [0.3, 0.4) is 0 Å². The Morgan fingerprint density at radius 3 is 0.333 bits per heavy atom. The minimum atomic E-state index is 0. The van der Waals surface area contributed by atoms with E-state index in [1.807, 2.05) is 0 Å². The summed E-state index contributed by atoms with van der Waals surface area (Å²) >= 11 is 0. The predicted octanol–water partition coefficient (Wildman–Crippen LogP) is -12.0. The SMILES string of the molecule is [Na+].[Na+].[Na+].[Na+].[S-2].[S-2]. The Morgan fingerprint density at radius 1 is 0.333 bits per heavy atom. The Labute approximate surface area is 141 Å². The molecule has 16 valence electrons. The summed E-state index contributed by atoms with van der Waals surface area (Å²) in [6.45, 7) is 0. The van der Waals surface area contributed by atoms with Crippen molar-refractivity contribution in [3.8, 4) is 0 Å². The first-order valence-electron chi connectivity index (χ1n) is 0. The molecule has 0 aromatic rings. The molecule has 0 spiro atoms. The average Bonchev–Trinajstić information content (AvgIpc) is 0. The molecule has 0 nitrogen and oxygen atoms in total. The summed E-state index contributed by atoms with van der Waals surface area (Å²) in [5.74, 6) is 0. The van der Waals surface area contributed by atoms with Crippen molar-refractivity contribution in [2.45, 2.75) is 0 Å². The van der Waals surface area contributed by atoms with Crippen LogP contribution in [0.25, 0.3) is 0 Å². The zero-order chi connectivity index (χ0) is 0. The molecule has 0 aliphatic carbocycles. The third kappa shape index (κ3) is 23.4. The van der Waals surface area contributed by atoms with E-state index < -0.39 is 0 Å². The first-order valence-corrected chi connectivity index (χ1v) is 0. The Kier molecular flexibility index (Phi) is 252. The van der Waals surface area contributed by atoms with E-state index in [0.29, 0.717) is 0 Å². The van der Waals surface area contributed by atoms with Gasteiger partial charge < -0.3 is 27.0 Å². The molecule has 6 heavy (non-hydrogen) atoms. The van der Waals surface area contributed by atoms with E-state index in [1.54, 1.807) is 0 Å². The normalized spacial score (nSPS) is 0. The van der Waals surface area contributed by atoms with E-state index >= 15 is 0 Å². The maximum absolute atomic E-state index is 0. The maximum Gasteiger partial charge on any atom is 1.00 e. The van der Waals surface area contributed by atoms with Crippen molar-refractivity contribution in [3.05, 3.63) is 0 Å². The van der Waals surface area contributed by atoms with Gasteiger partial charge in [-0.25, -0.2) is 0 Å². The third-order valence-electron chi connectivity index (χ3n) is 0. The zero-order valence-electron chi connectivity index (χ0n) is 4.82. The molecule has 0 aliphatic heterocycles. The molecular formula is Na4S2. The summed E-state index contributed by atoms with van der Waals surface area (Å²) in [4.78, 5) is 0. The Morgan fingerprint density at radius 2 is 0.333 bits per heavy atom. The second-order valence-corrected chi connectivity index (χ2v) is 0. The molecule has 6 heteroatoms. The van der Waals surface area contributed by atoms with Crippen molar-refractivity contribution >= 4 is 27.0 Å². The van der Waals surface area contributed by atoms with Gasteiger partial charge in [0.1, 0.15) is 0 Å². The molecule has 0 aromatic carbocycles. The molecule has 0 bridgehead atoms. The second kappa shape index (κ2) is 33.2. The van der Waals surface area contributed by atoms with Gasteiger partial charge in [0.2, 0.25) is 0 Å². The zero-order valence-corrected chi connectivity index (χ0v) is 14.4. The molecule has 0 N–H and O–H groups in total. The molecule has 0 fully saturated rings. The van der Waals surface area contributed by atoms with Crippen LogP contribution >= 0.6 is 0 Å². The molecule has 0 amide bonds. The smallest absolute Gasteiger partial charge is 1.00 e. The van der Waals surface area contributed by atoms with Gasteiger partial charge in [0.25, 0.3) is 0 Å². The van der Waals surface area contributed by atoms with Gasteiger partial charge in [-0.3, -0.25) is 0 Å². The van der Waals surface area contributed by atoms with E-state index in [0.717, 1.165) is 0 Å². The summed E-state index contributed by atoms with van der Waals surface area (Å²) in [5, 5.41) is 0. The molecule has 0 rings (SSSR count). The van der Waals surface area contributed by atoms with Gasteiger partial charge in [0.15, 0.2) is 0 Å². The van der Waals surface area contributed by atoms with Crippen molar-refractivity contribution < 1.29 is 118 Å². The summed E-state index contributed by atoms with van der Waals surface area (Å²) in [7, 11) is 0. The molecular weight excluding hydrogens is 156 g/mol.